The van der Waals surface area contributed by atoms with Crippen LogP contribution >= 0.6 is 11.6 Å². The molecule has 1 aliphatic carbocycles. The number of anilines is 1. The van der Waals surface area contributed by atoms with Crippen molar-refractivity contribution in [1.29, 1.82) is 0 Å². The van der Waals surface area contributed by atoms with E-state index in [1.807, 2.05) is 32.0 Å². The summed E-state index contributed by atoms with van der Waals surface area (Å²) in [6, 6.07) is 9.85. The molecule has 9 heteroatoms. The van der Waals surface area contributed by atoms with E-state index in [2.05, 4.69) is 10.1 Å². The zero-order valence-corrected chi connectivity index (χ0v) is 20.9. The molecule has 2 heterocycles. The third-order valence-electron chi connectivity index (χ3n) is 7.57. The SMILES string of the molecule is Cc1cccc(-c2nc(CN=O)c(N3CCC4(CC3)Cc3ccc(C(F)(F)F)cc3C4)nc2C)c1Cl. The van der Waals surface area contributed by atoms with Crippen LogP contribution in [0, 0.1) is 24.2 Å². The maximum absolute atomic E-state index is 13.2. The topological polar surface area (TPSA) is 58.5 Å². The second-order valence-corrected chi connectivity index (χ2v) is 10.4. The summed E-state index contributed by atoms with van der Waals surface area (Å²) < 4.78 is 39.6. The molecule has 36 heavy (non-hydrogen) atoms. The van der Waals surface area contributed by atoms with Crippen LogP contribution in [-0.4, -0.2) is 23.1 Å². The van der Waals surface area contributed by atoms with Crippen LogP contribution in [0.25, 0.3) is 11.3 Å². The average Bonchev–Trinajstić information content (AvgIpc) is 3.19. The van der Waals surface area contributed by atoms with Crippen molar-refractivity contribution in [2.75, 3.05) is 18.0 Å². The van der Waals surface area contributed by atoms with Crippen molar-refractivity contribution < 1.29 is 13.2 Å². The fraction of sp³-hybridized carbons (Fsp3) is 0.407. The highest BCUT2D eigenvalue weighted by Gasteiger charge is 2.42. The molecule has 1 aromatic heterocycles. The Bertz CT molecular complexity index is 1330. The summed E-state index contributed by atoms with van der Waals surface area (Å²) >= 11 is 6.53. The number of aryl methyl sites for hydroxylation is 2. The number of halogens is 4. The van der Waals surface area contributed by atoms with Crippen LogP contribution in [0.4, 0.5) is 19.0 Å². The Morgan fingerprint density at radius 1 is 1.06 bits per heavy atom. The van der Waals surface area contributed by atoms with Gasteiger partial charge in [0.2, 0.25) is 0 Å². The highest BCUT2D eigenvalue weighted by atomic mass is 35.5. The highest BCUT2D eigenvalue weighted by Crippen LogP contribution is 2.46. The van der Waals surface area contributed by atoms with E-state index in [1.54, 1.807) is 6.07 Å². The van der Waals surface area contributed by atoms with Gasteiger partial charge in [-0.15, -0.1) is 0 Å². The van der Waals surface area contributed by atoms with E-state index >= 15 is 0 Å². The van der Waals surface area contributed by atoms with Gasteiger partial charge in [0.1, 0.15) is 12.2 Å². The van der Waals surface area contributed by atoms with Gasteiger partial charge in [-0.3, -0.25) is 0 Å². The molecular weight excluding hydrogens is 489 g/mol. The minimum Gasteiger partial charge on any atom is -0.355 e. The summed E-state index contributed by atoms with van der Waals surface area (Å²) in [4.78, 5) is 23.0. The number of aromatic nitrogens is 2. The van der Waals surface area contributed by atoms with Gasteiger partial charge in [0, 0.05) is 18.7 Å². The number of rotatable bonds is 4. The summed E-state index contributed by atoms with van der Waals surface area (Å²) in [5.74, 6) is 0.643. The minimum absolute atomic E-state index is 0.0520. The molecule has 2 aliphatic rings. The number of nitroso groups, excluding NO2 is 1. The maximum atomic E-state index is 13.2. The molecule has 5 rings (SSSR count). The maximum Gasteiger partial charge on any atom is 0.416 e. The van der Waals surface area contributed by atoms with Gasteiger partial charge in [0.15, 0.2) is 5.82 Å². The Morgan fingerprint density at radius 2 is 1.78 bits per heavy atom. The number of hydrogen-bond acceptors (Lipinski definition) is 5. The first-order valence-electron chi connectivity index (χ1n) is 12.0. The summed E-state index contributed by atoms with van der Waals surface area (Å²) in [7, 11) is 0. The Balaban J connectivity index is 1.39. The number of fused-ring (bicyclic) bond motifs is 1. The standard InChI is InChI=1S/C27H26ClF3N4O/c1-16-4-3-5-21(23(16)28)24-17(2)33-25(22(34-24)15-32-36)35-10-8-26(9-11-35)13-18-6-7-20(27(29,30)31)12-19(18)14-26/h3-7,12H,8-11,13-15H2,1-2H3. The molecule has 0 N–H and O–H groups in total. The fourth-order valence-corrected chi connectivity index (χ4v) is 5.82. The van der Waals surface area contributed by atoms with E-state index in [4.69, 9.17) is 21.6 Å². The zero-order valence-electron chi connectivity index (χ0n) is 20.1. The van der Waals surface area contributed by atoms with Crippen molar-refractivity contribution in [1.82, 2.24) is 9.97 Å². The Kier molecular flexibility index (Phi) is 6.27. The molecule has 0 atom stereocenters. The second-order valence-electron chi connectivity index (χ2n) is 9.97. The molecule has 1 fully saturated rings. The number of benzene rings is 2. The van der Waals surface area contributed by atoms with Gasteiger partial charge in [-0.1, -0.05) is 41.0 Å². The molecule has 188 valence electrons. The van der Waals surface area contributed by atoms with Crippen molar-refractivity contribution in [2.45, 2.75) is 52.3 Å². The molecule has 2 aromatic carbocycles. The molecule has 0 saturated carbocycles. The van der Waals surface area contributed by atoms with Crippen LogP contribution in [-0.2, 0) is 25.6 Å². The molecule has 0 bridgehead atoms. The Hall–Kier alpha value is -3.00. The molecule has 0 radical (unpaired) electrons. The number of alkyl halides is 3. The van der Waals surface area contributed by atoms with Crippen molar-refractivity contribution in [2.24, 2.45) is 10.6 Å². The molecule has 3 aromatic rings. The van der Waals surface area contributed by atoms with Gasteiger partial charge in [0.05, 0.1) is 22.0 Å². The second kappa shape index (κ2) is 9.14. The van der Waals surface area contributed by atoms with Gasteiger partial charge in [-0.2, -0.15) is 18.1 Å². The van der Waals surface area contributed by atoms with E-state index in [9.17, 15) is 18.1 Å². The normalized spacial score (nSPS) is 16.9. The van der Waals surface area contributed by atoms with Crippen LogP contribution in [0.2, 0.25) is 5.02 Å². The average molecular weight is 515 g/mol. The zero-order chi connectivity index (χ0) is 25.7. The van der Waals surface area contributed by atoms with Crippen molar-refractivity contribution in [3.63, 3.8) is 0 Å². The van der Waals surface area contributed by atoms with Crippen LogP contribution in [0.1, 0.15) is 46.5 Å². The molecule has 1 spiro atoms. The van der Waals surface area contributed by atoms with Gasteiger partial charge >= 0.3 is 6.18 Å². The predicted molar refractivity (Wildman–Crippen MR) is 134 cm³/mol. The number of hydrogen-bond donors (Lipinski definition) is 0. The van der Waals surface area contributed by atoms with Crippen LogP contribution < -0.4 is 4.90 Å². The lowest BCUT2D eigenvalue weighted by Gasteiger charge is -2.40. The van der Waals surface area contributed by atoms with Crippen molar-refractivity contribution >= 4 is 17.4 Å². The smallest absolute Gasteiger partial charge is 0.355 e. The van der Waals surface area contributed by atoms with Crippen molar-refractivity contribution in [3.05, 3.63) is 80.0 Å². The van der Waals surface area contributed by atoms with E-state index < -0.39 is 11.7 Å². The third kappa shape index (κ3) is 4.47. The molecule has 5 nitrogen and oxygen atoms in total. The summed E-state index contributed by atoms with van der Waals surface area (Å²) in [6.07, 6.45) is -1.25. The minimum atomic E-state index is -4.33. The lowest BCUT2D eigenvalue weighted by Crippen LogP contribution is -2.41. The first-order valence-corrected chi connectivity index (χ1v) is 12.3. The van der Waals surface area contributed by atoms with Crippen molar-refractivity contribution in [3.8, 4) is 11.3 Å². The molecule has 1 saturated heterocycles. The van der Waals surface area contributed by atoms with E-state index in [0.717, 1.165) is 41.5 Å². The first-order chi connectivity index (χ1) is 17.1. The Labute approximate surface area is 212 Å². The van der Waals surface area contributed by atoms with Crippen LogP contribution in [0.3, 0.4) is 0 Å². The molecule has 0 amide bonds. The van der Waals surface area contributed by atoms with Crippen LogP contribution in [0.15, 0.2) is 41.6 Å². The van der Waals surface area contributed by atoms with E-state index in [-0.39, 0.29) is 12.0 Å². The quantitative estimate of drug-likeness (QED) is 0.349. The number of nitrogens with zero attached hydrogens (tertiary/aromatic N) is 4. The van der Waals surface area contributed by atoms with Crippen LogP contribution in [0.5, 0.6) is 0 Å². The number of piperidine rings is 1. The summed E-state index contributed by atoms with van der Waals surface area (Å²) in [5, 5.41) is 3.69. The molecular formula is C27H26ClF3N4O. The first kappa shape index (κ1) is 24.7. The van der Waals surface area contributed by atoms with Gasteiger partial charge in [-0.05, 0) is 73.8 Å². The Morgan fingerprint density at radius 3 is 2.47 bits per heavy atom. The highest BCUT2D eigenvalue weighted by molar-refractivity contribution is 6.34. The monoisotopic (exact) mass is 514 g/mol. The lowest BCUT2D eigenvalue weighted by molar-refractivity contribution is -0.137. The lowest BCUT2D eigenvalue weighted by atomic mass is 9.76. The fourth-order valence-electron chi connectivity index (χ4n) is 5.60. The van der Waals surface area contributed by atoms with E-state index in [1.165, 1.54) is 12.1 Å². The summed E-state index contributed by atoms with van der Waals surface area (Å²) in [5.41, 5.74) is 4.72. The van der Waals surface area contributed by atoms with Gasteiger partial charge in [0.25, 0.3) is 0 Å². The van der Waals surface area contributed by atoms with Gasteiger partial charge in [-0.25, -0.2) is 9.97 Å². The summed E-state index contributed by atoms with van der Waals surface area (Å²) in [6.45, 7) is 5.06. The molecule has 0 unspecified atom stereocenters. The molecule has 1 aliphatic heterocycles. The predicted octanol–water partition coefficient (Wildman–Crippen LogP) is 7.08. The largest absolute Gasteiger partial charge is 0.416 e. The van der Waals surface area contributed by atoms with Gasteiger partial charge < -0.3 is 4.90 Å². The third-order valence-corrected chi connectivity index (χ3v) is 8.07. The van der Waals surface area contributed by atoms with E-state index in [0.29, 0.717) is 47.4 Å².